The van der Waals surface area contributed by atoms with Gasteiger partial charge in [0.15, 0.2) is 0 Å². The Morgan fingerprint density at radius 3 is 2.28 bits per heavy atom. The molecule has 8 heteroatoms. The van der Waals surface area contributed by atoms with Gasteiger partial charge in [0.05, 0.1) is 11.2 Å². The Hall–Kier alpha value is -0.750. The van der Waals surface area contributed by atoms with Crippen molar-refractivity contribution in [3.05, 3.63) is 42.2 Å². The Balaban J connectivity index is 0. The van der Waals surface area contributed by atoms with Crippen molar-refractivity contribution in [3.8, 4) is 0 Å². The normalized spacial score (nSPS) is 10.4. The first-order chi connectivity index (χ1) is 13.8. The third kappa shape index (κ3) is 8.23. The third-order valence-electron chi connectivity index (χ3n) is 5.76. The first-order valence-corrected chi connectivity index (χ1v) is 11.1. The fourth-order valence-corrected chi connectivity index (χ4v) is 4.08. The Kier molecular flexibility index (Phi) is 18.5. The summed E-state index contributed by atoms with van der Waals surface area (Å²) in [5, 5.41) is 6.31. The molecule has 0 unspecified atom stereocenters. The lowest BCUT2D eigenvalue weighted by Gasteiger charge is -2.17. The van der Waals surface area contributed by atoms with E-state index in [1.165, 1.54) is 59.7 Å². The number of hydrogen-bond donors (Lipinski definition) is 1. The summed E-state index contributed by atoms with van der Waals surface area (Å²) in [5.74, 6) is 0. The lowest BCUT2D eigenvalue weighted by molar-refractivity contribution is 0.296. The zero-order valence-corrected chi connectivity index (χ0v) is 22.8. The molecule has 0 bridgehead atoms. The molecule has 2 heterocycles. The first kappa shape index (κ1) is 33.4. The van der Waals surface area contributed by atoms with E-state index in [0.29, 0.717) is 0 Å². The summed E-state index contributed by atoms with van der Waals surface area (Å²) in [6.45, 7) is 13.2. The number of aryl methyl sites for hydroxylation is 1. The van der Waals surface area contributed by atoms with E-state index >= 15 is 0 Å². The van der Waals surface area contributed by atoms with Gasteiger partial charge in [0.1, 0.15) is 0 Å². The molecular formula is C24H40Cl4N4. The number of fused-ring (bicyclic) bond motifs is 3. The molecule has 0 aliphatic rings. The minimum absolute atomic E-state index is 0. The maximum Gasteiger partial charge on any atom is 0.0784 e. The van der Waals surface area contributed by atoms with Crippen LogP contribution in [0, 0.1) is 0 Å². The summed E-state index contributed by atoms with van der Waals surface area (Å²) < 4.78 is 2.48. The molecule has 32 heavy (non-hydrogen) atoms. The number of unbranched alkanes of at least 4 members (excludes halogenated alkanes) is 2. The highest BCUT2D eigenvalue weighted by Crippen LogP contribution is 2.30. The summed E-state index contributed by atoms with van der Waals surface area (Å²) in [5.41, 5.74) is 3.82. The molecule has 2 aromatic heterocycles. The van der Waals surface area contributed by atoms with E-state index in [2.05, 4.69) is 65.9 Å². The molecule has 0 radical (unpaired) electrons. The molecule has 184 valence electrons. The lowest BCUT2D eigenvalue weighted by atomic mass is 10.1. The number of para-hydroxylation sites is 1. The third-order valence-corrected chi connectivity index (χ3v) is 5.76. The van der Waals surface area contributed by atoms with Crippen molar-refractivity contribution in [2.45, 2.75) is 59.5 Å². The average Bonchev–Trinajstić information content (AvgIpc) is 3.06. The maximum atomic E-state index is 4.75. The van der Waals surface area contributed by atoms with Gasteiger partial charge >= 0.3 is 0 Å². The topological polar surface area (TPSA) is 33.1 Å². The van der Waals surface area contributed by atoms with Gasteiger partial charge in [0, 0.05) is 35.6 Å². The molecular weight excluding hydrogens is 486 g/mol. The summed E-state index contributed by atoms with van der Waals surface area (Å²) in [6.07, 6.45) is 6.83. The van der Waals surface area contributed by atoms with E-state index in [0.717, 1.165) is 32.7 Å². The molecule has 0 amide bonds. The van der Waals surface area contributed by atoms with Gasteiger partial charge < -0.3 is 14.8 Å². The average molecular weight is 526 g/mol. The largest absolute Gasteiger partial charge is 0.339 e. The maximum absolute atomic E-state index is 4.75. The number of aromatic nitrogens is 2. The van der Waals surface area contributed by atoms with Crippen molar-refractivity contribution >= 4 is 71.4 Å². The highest BCUT2D eigenvalue weighted by molar-refractivity contribution is 6.08. The van der Waals surface area contributed by atoms with Crippen LogP contribution in [0.25, 0.3) is 21.8 Å². The fourth-order valence-electron chi connectivity index (χ4n) is 4.08. The zero-order chi connectivity index (χ0) is 19.8. The predicted molar refractivity (Wildman–Crippen MR) is 150 cm³/mol. The summed E-state index contributed by atoms with van der Waals surface area (Å²) in [4.78, 5) is 7.25. The standard InChI is InChI=1S/C24H36N4.4ClH/c1-4-7-18-28-23-13-9-8-12-20(23)21-14-16-26-22(24(21)28)19-25-15-10-11-17-27(5-2)6-3;;;;/h8-9,12-14,16,25H,4-7,10-11,15,17-19H2,1-3H3;4*1H. The summed E-state index contributed by atoms with van der Waals surface area (Å²) >= 11 is 0. The van der Waals surface area contributed by atoms with Crippen LogP contribution in [0.1, 0.15) is 52.1 Å². The second kappa shape index (κ2) is 17.7. The van der Waals surface area contributed by atoms with Crippen molar-refractivity contribution in [2.24, 2.45) is 0 Å². The predicted octanol–water partition coefficient (Wildman–Crippen LogP) is 6.89. The molecule has 3 aromatic rings. The Morgan fingerprint density at radius 1 is 0.875 bits per heavy atom. The van der Waals surface area contributed by atoms with Gasteiger partial charge in [-0.05, 0) is 57.6 Å². The SMILES string of the molecule is CCCCn1c2ccccc2c2ccnc(CNCCCCN(CC)CC)c21.Cl.Cl.Cl.Cl. The Morgan fingerprint density at radius 2 is 1.59 bits per heavy atom. The molecule has 1 aromatic carbocycles. The van der Waals surface area contributed by atoms with E-state index in [4.69, 9.17) is 4.98 Å². The molecule has 1 N–H and O–H groups in total. The van der Waals surface area contributed by atoms with E-state index in [9.17, 15) is 0 Å². The Labute approximate surface area is 218 Å². The smallest absolute Gasteiger partial charge is 0.0784 e. The van der Waals surface area contributed by atoms with Crippen molar-refractivity contribution in [2.75, 3.05) is 26.2 Å². The quantitative estimate of drug-likeness (QED) is 0.261. The minimum Gasteiger partial charge on any atom is -0.339 e. The summed E-state index contributed by atoms with van der Waals surface area (Å²) in [6, 6.07) is 10.9. The second-order valence-electron chi connectivity index (χ2n) is 7.59. The first-order valence-electron chi connectivity index (χ1n) is 11.1. The van der Waals surface area contributed by atoms with Gasteiger partial charge in [-0.15, -0.1) is 49.6 Å². The van der Waals surface area contributed by atoms with Gasteiger partial charge in [-0.2, -0.15) is 0 Å². The minimum atomic E-state index is 0. The van der Waals surface area contributed by atoms with Crippen LogP contribution >= 0.6 is 49.6 Å². The van der Waals surface area contributed by atoms with Crippen LogP contribution in [-0.2, 0) is 13.1 Å². The molecule has 0 atom stereocenters. The fraction of sp³-hybridized carbons (Fsp3) is 0.542. The van der Waals surface area contributed by atoms with Crippen LogP contribution in [0.5, 0.6) is 0 Å². The molecule has 0 fully saturated rings. The van der Waals surface area contributed by atoms with E-state index < -0.39 is 0 Å². The van der Waals surface area contributed by atoms with Crippen molar-refractivity contribution in [3.63, 3.8) is 0 Å². The second-order valence-corrected chi connectivity index (χ2v) is 7.59. The zero-order valence-electron chi connectivity index (χ0n) is 19.5. The monoisotopic (exact) mass is 524 g/mol. The van der Waals surface area contributed by atoms with Crippen LogP contribution in [0.15, 0.2) is 36.5 Å². The van der Waals surface area contributed by atoms with Crippen molar-refractivity contribution in [1.82, 2.24) is 19.8 Å². The number of benzene rings is 1. The van der Waals surface area contributed by atoms with Crippen LogP contribution in [0.3, 0.4) is 0 Å². The number of hydrogen-bond acceptors (Lipinski definition) is 3. The van der Waals surface area contributed by atoms with Crippen LogP contribution in [0.4, 0.5) is 0 Å². The summed E-state index contributed by atoms with van der Waals surface area (Å²) in [7, 11) is 0. The number of nitrogens with zero attached hydrogens (tertiary/aromatic N) is 3. The highest BCUT2D eigenvalue weighted by atomic mass is 35.5. The van der Waals surface area contributed by atoms with Gasteiger partial charge in [-0.3, -0.25) is 4.98 Å². The Bertz CT molecular complexity index is 881. The number of halogens is 4. The number of nitrogens with one attached hydrogen (secondary N) is 1. The van der Waals surface area contributed by atoms with E-state index in [-0.39, 0.29) is 49.6 Å². The molecule has 0 aliphatic heterocycles. The van der Waals surface area contributed by atoms with E-state index in [1.807, 2.05) is 6.20 Å². The van der Waals surface area contributed by atoms with E-state index in [1.54, 1.807) is 0 Å². The van der Waals surface area contributed by atoms with Crippen LogP contribution < -0.4 is 5.32 Å². The van der Waals surface area contributed by atoms with Crippen molar-refractivity contribution < 1.29 is 0 Å². The number of pyridine rings is 1. The van der Waals surface area contributed by atoms with Gasteiger partial charge in [-0.25, -0.2) is 0 Å². The molecule has 4 nitrogen and oxygen atoms in total. The van der Waals surface area contributed by atoms with Gasteiger partial charge in [0.2, 0.25) is 0 Å². The molecule has 0 spiro atoms. The van der Waals surface area contributed by atoms with Crippen LogP contribution in [0.2, 0.25) is 0 Å². The lowest BCUT2D eigenvalue weighted by Crippen LogP contribution is -2.25. The molecule has 3 rings (SSSR count). The van der Waals surface area contributed by atoms with Crippen molar-refractivity contribution in [1.29, 1.82) is 0 Å². The molecule has 0 aliphatic carbocycles. The van der Waals surface area contributed by atoms with Gasteiger partial charge in [0.25, 0.3) is 0 Å². The number of rotatable bonds is 12. The molecule has 0 saturated carbocycles. The van der Waals surface area contributed by atoms with Crippen LogP contribution in [-0.4, -0.2) is 40.6 Å². The highest BCUT2D eigenvalue weighted by Gasteiger charge is 2.14. The molecule has 0 saturated heterocycles. The van der Waals surface area contributed by atoms with Gasteiger partial charge in [-0.1, -0.05) is 45.4 Å².